The summed E-state index contributed by atoms with van der Waals surface area (Å²) in [5.41, 5.74) is 9.26. The Hall–Kier alpha value is -1.88. The number of benzene rings is 1. The number of H-pyrrole nitrogens is 1. The Morgan fingerprint density at radius 2 is 1.75 bits per heavy atom. The minimum atomic E-state index is -0.268. The summed E-state index contributed by atoms with van der Waals surface area (Å²) in [6.45, 7) is 4.60. The molecule has 0 saturated carbocycles. The molecule has 0 aliphatic rings. The van der Waals surface area contributed by atoms with E-state index in [2.05, 4.69) is 23.8 Å². The number of halogens is 2. The van der Waals surface area contributed by atoms with E-state index in [-0.39, 0.29) is 5.41 Å². The molecular formula is C18H18Cl2N4. The second-order valence-electron chi connectivity index (χ2n) is 6.26. The van der Waals surface area contributed by atoms with Crippen molar-refractivity contribution in [3.05, 3.63) is 58.6 Å². The molecule has 0 fully saturated rings. The van der Waals surface area contributed by atoms with Gasteiger partial charge in [-0.15, -0.1) is 0 Å². The van der Waals surface area contributed by atoms with Gasteiger partial charge in [0.25, 0.3) is 0 Å². The minimum absolute atomic E-state index is 0.268. The summed E-state index contributed by atoms with van der Waals surface area (Å²) in [6.07, 6.45) is 3.51. The second-order valence-corrected chi connectivity index (χ2v) is 7.08. The Bertz CT molecular complexity index is 857. The maximum atomic E-state index is 6.19. The van der Waals surface area contributed by atoms with E-state index in [1.165, 1.54) is 0 Å². The van der Waals surface area contributed by atoms with Crippen LogP contribution < -0.4 is 5.73 Å². The van der Waals surface area contributed by atoms with Crippen molar-refractivity contribution in [2.75, 3.05) is 6.54 Å². The monoisotopic (exact) mass is 360 g/mol. The fourth-order valence-electron chi connectivity index (χ4n) is 2.37. The fourth-order valence-corrected chi connectivity index (χ4v) is 2.67. The van der Waals surface area contributed by atoms with E-state index in [9.17, 15) is 0 Å². The average molecular weight is 361 g/mol. The molecule has 0 aliphatic heterocycles. The lowest BCUT2D eigenvalue weighted by Crippen LogP contribution is -2.29. The van der Waals surface area contributed by atoms with Gasteiger partial charge in [-0.3, -0.25) is 4.98 Å². The summed E-state index contributed by atoms with van der Waals surface area (Å²) in [5.74, 6) is 0.831. The molecule has 6 heteroatoms. The van der Waals surface area contributed by atoms with Crippen LogP contribution in [0.5, 0.6) is 0 Å². The highest BCUT2D eigenvalue weighted by Crippen LogP contribution is 2.35. The number of rotatable bonds is 4. The van der Waals surface area contributed by atoms with Crippen molar-refractivity contribution in [3.8, 4) is 22.5 Å². The highest BCUT2D eigenvalue weighted by Gasteiger charge is 2.25. The van der Waals surface area contributed by atoms with E-state index in [1.807, 2.05) is 24.3 Å². The van der Waals surface area contributed by atoms with Crippen molar-refractivity contribution in [2.24, 2.45) is 5.73 Å². The van der Waals surface area contributed by atoms with Crippen LogP contribution in [0.25, 0.3) is 22.5 Å². The van der Waals surface area contributed by atoms with Crippen molar-refractivity contribution >= 4 is 23.2 Å². The van der Waals surface area contributed by atoms with Crippen molar-refractivity contribution in [1.29, 1.82) is 0 Å². The zero-order valence-electron chi connectivity index (χ0n) is 13.5. The Morgan fingerprint density at radius 1 is 1.04 bits per heavy atom. The molecule has 2 heterocycles. The Kier molecular flexibility index (Phi) is 4.63. The highest BCUT2D eigenvalue weighted by atomic mass is 35.5. The molecule has 0 radical (unpaired) electrons. The average Bonchev–Trinajstić information content (AvgIpc) is 3.04. The number of nitrogens with one attached hydrogen (secondary N) is 1. The molecule has 3 N–H and O–H groups in total. The maximum absolute atomic E-state index is 6.19. The van der Waals surface area contributed by atoms with E-state index in [1.54, 1.807) is 18.5 Å². The third-order valence-electron chi connectivity index (χ3n) is 4.02. The maximum Gasteiger partial charge on any atom is 0.114 e. The van der Waals surface area contributed by atoms with Crippen LogP contribution in [0.4, 0.5) is 0 Å². The van der Waals surface area contributed by atoms with E-state index < -0.39 is 0 Å². The van der Waals surface area contributed by atoms with Crippen LogP contribution in [0.1, 0.15) is 19.7 Å². The van der Waals surface area contributed by atoms with Gasteiger partial charge in [-0.25, -0.2) is 4.98 Å². The smallest absolute Gasteiger partial charge is 0.114 e. The number of pyridine rings is 1. The summed E-state index contributed by atoms with van der Waals surface area (Å²) in [4.78, 5) is 12.3. The van der Waals surface area contributed by atoms with Crippen LogP contribution in [-0.2, 0) is 5.41 Å². The molecule has 0 aliphatic carbocycles. The number of aromatic nitrogens is 3. The number of nitrogens with zero attached hydrogens (tertiary/aromatic N) is 2. The Morgan fingerprint density at radius 3 is 2.38 bits per heavy atom. The second kappa shape index (κ2) is 6.55. The molecule has 124 valence electrons. The van der Waals surface area contributed by atoms with E-state index in [0.29, 0.717) is 16.6 Å². The number of hydrogen-bond donors (Lipinski definition) is 2. The first-order chi connectivity index (χ1) is 11.4. The number of nitrogens with two attached hydrogens (primary N) is 1. The summed E-state index contributed by atoms with van der Waals surface area (Å²) >= 11 is 12.2. The zero-order chi connectivity index (χ0) is 17.3. The third kappa shape index (κ3) is 3.18. The van der Waals surface area contributed by atoms with Gasteiger partial charge in [0.05, 0.1) is 21.4 Å². The van der Waals surface area contributed by atoms with Crippen molar-refractivity contribution in [3.63, 3.8) is 0 Å². The third-order valence-corrected chi connectivity index (χ3v) is 4.76. The van der Waals surface area contributed by atoms with Crippen LogP contribution in [0.2, 0.25) is 10.0 Å². The van der Waals surface area contributed by atoms with Gasteiger partial charge in [0.2, 0.25) is 0 Å². The molecule has 0 spiro atoms. The molecule has 1 aromatic carbocycles. The normalized spacial score (nSPS) is 11.7. The topological polar surface area (TPSA) is 67.6 Å². The predicted molar refractivity (Wildman–Crippen MR) is 99.4 cm³/mol. The van der Waals surface area contributed by atoms with Crippen LogP contribution >= 0.6 is 23.2 Å². The van der Waals surface area contributed by atoms with Gasteiger partial charge in [-0.05, 0) is 24.3 Å². The molecule has 0 saturated heterocycles. The lowest BCUT2D eigenvalue weighted by molar-refractivity contribution is 0.508. The summed E-state index contributed by atoms with van der Waals surface area (Å²) in [5, 5.41) is 1.02. The molecule has 0 bridgehead atoms. The highest BCUT2D eigenvalue weighted by molar-refractivity contribution is 6.42. The quantitative estimate of drug-likeness (QED) is 0.709. The van der Waals surface area contributed by atoms with Crippen molar-refractivity contribution in [1.82, 2.24) is 15.0 Å². The molecule has 0 amide bonds. The van der Waals surface area contributed by atoms with Crippen molar-refractivity contribution in [2.45, 2.75) is 19.3 Å². The van der Waals surface area contributed by atoms with Crippen LogP contribution in [0, 0.1) is 0 Å². The van der Waals surface area contributed by atoms with Gasteiger partial charge in [-0.2, -0.15) is 0 Å². The van der Waals surface area contributed by atoms with Gasteiger partial charge in [0.15, 0.2) is 0 Å². The Labute approximate surface area is 151 Å². The predicted octanol–water partition coefficient (Wildman–Crippen LogP) is 4.68. The van der Waals surface area contributed by atoms with Gasteiger partial charge in [0.1, 0.15) is 5.82 Å². The first-order valence-electron chi connectivity index (χ1n) is 7.59. The lowest BCUT2D eigenvalue weighted by atomic mass is 9.93. The summed E-state index contributed by atoms with van der Waals surface area (Å²) in [6, 6.07) is 9.39. The molecule has 3 rings (SSSR count). The number of hydrogen-bond acceptors (Lipinski definition) is 3. The van der Waals surface area contributed by atoms with Gasteiger partial charge >= 0.3 is 0 Å². The van der Waals surface area contributed by atoms with Gasteiger partial charge < -0.3 is 10.7 Å². The van der Waals surface area contributed by atoms with Gasteiger partial charge in [-0.1, -0.05) is 43.1 Å². The first kappa shape index (κ1) is 17.0. The van der Waals surface area contributed by atoms with Crippen molar-refractivity contribution < 1.29 is 0 Å². The minimum Gasteiger partial charge on any atom is -0.341 e. The SMILES string of the molecule is CC(C)(CN)c1nc(-c2ccc(Cl)c(Cl)c2)c(-c2ccncc2)[nH]1. The van der Waals surface area contributed by atoms with E-state index in [4.69, 9.17) is 33.9 Å². The molecule has 4 nitrogen and oxygen atoms in total. The van der Waals surface area contributed by atoms with E-state index in [0.717, 1.165) is 28.3 Å². The van der Waals surface area contributed by atoms with Crippen LogP contribution in [-0.4, -0.2) is 21.5 Å². The number of aromatic amines is 1. The Balaban J connectivity index is 2.21. The summed E-state index contributed by atoms with van der Waals surface area (Å²) < 4.78 is 0. The van der Waals surface area contributed by atoms with Crippen LogP contribution in [0.15, 0.2) is 42.7 Å². The molecule has 0 unspecified atom stereocenters. The molecule has 0 atom stereocenters. The standard InChI is InChI=1S/C18H18Cl2N4/c1-18(2,10-21)17-23-15(11-5-7-22-8-6-11)16(24-17)12-3-4-13(19)14(20)9-12/h3-9H,10,21H2,1-2H3,(H,23,24). The molecular weight excluding hydrogens is 343 g/mol. The first-order valence-corrected chi connectivity index (χ1v) is 8.34. The number of imidazole rings is 1. The van der Waals surface area contributed by atoms with Crippen LogP contribution in [0.3, 0.4) is 0 Å². The molecule has 24 heavy (non-hydrogen) atoms. The fraction of sp³-hybridized carbons (Fsp3) is 0.222. The lowest BCUT2D eigenvalue weighted by Gasteiger charge is -2.18. The molecule has 2 aromatic heterocycles. The zero-order valence-corrected chi connectivity index (χ0v) is 15.0. The largest absolute Gasteiger partial charge is 0.341 e. The molecule has 3 aromatic rings. The van der Waals surface area contributed by atoms with Gasteiger partial charge in [0, 0.05) is 35.5 Å². The summed E-state index contributed by atoms with van der Waals surface area (Å²) in [7, 11) is 0. The van der Waals surface area contributed by atoms with E-state index >= 15 is 0 Å².